The maximum Gasteiger partial charge on any atom is 0.323 e. The highest BCUT2D eigenvalue weighted by Crippen LogP contribution is 1.93. The molecule has 0 aromatic carbocycles. The van der Waals surface area contributed by atoms with Gasteiger partial charge in [0.1, 0.15) is 6.54 Å². The third-order valence-corrected chi connectivity index (χ3v) is 2.44. The van der Waals surface area contributed by atoms with Crippen LogP contribution < -0.4 is 4.57 Å². The second-order valence-corrected chi connectivity index (χ2v) is 4.01. The summed E-state index contributed by atoms with van der Waals surface area (Å²) >= 11 is 0. The summed E-state index contributed by atoms with van der Waals surface area (Å²) in [5, 5.41) is 8.55. The number of carbonyl (C=O) groups is 2. The molecule has 0 bridgehead atoms. The van der Waals surface area contributed by atoms with Crippen LogP contribution in [0.2, 0.25) is 0 Å². The topological polar surface area (TPSA) is 61.5 Å². The average Bonchev–Trinajstić information content (AvgIpc) is 2.27. The van der Waals surface area contributed by atoms with E-state index in [0.717, 1.165) is 5.56 Å². The summed E-state index contributed by atoms with van der Waals surface area (Å²) in [5.41, 5.74) is 1.16. The van der Waals surface area contributed by atoms with Crippen molar-refractivity contribution in [1.29, 1.82) is 0 Å². The molecule has 0 unspecified atom stereocenters. The standard InChI is InChI=1S/C12H16N2O3/c1-10-3-6-14(7-4-10)8-5-11(15)13(2)9-12(16)17/h3-4,6-7H,5,8-9H2,1-2H3/p+1. The largest absolute Gasteiger partial charge is 0.480 e. The number of carboxylic acid groups (broad SMARTS) is 1. The Morgan fingerprint density at radius 2 is 1.94 bits per heavy atom. The Morgan fingerprint density at radius 3 is 2.47 bits per heavy atom. The molecule has 1 aromatic rings. The van der Waals surface area contributed by atoms with Gasteiger partial charge in [0, 0.05) is 19.2 Å². The first kappa shape index (κ1) is 13.2. The fourth-order valence-corrected chi connectivity index (χ4v) is 1.39. The van der Waals surface area contributed by atoms with Crippen LogP contribution in [0.4, 0.5) is 0 Å². The first-order chi connectivity index (χ1) is 7.99. The van der Waals surface area contributed by atoms with Gasteiger partial charge in [-0.15, -0.1) is 0 Å². The van der Waals surface area contributed by atoms with Crippen molar-refractivity contribution in [3.05, 3.63) is 30.1 Å². The van der Waals surface area contributed by atoms with E-state index < -0.39 is 5.97 Å². The lowest BCUT2D eigenvalue weighted by atomic mass is 10.3. The molecule has 1 N–H and O–H groups in total. The molecule has 0 saturated heterocycles. The predicted octanol–water partition coefficient (Wildman–Crippen LogP) is 0.216. The summed E-state index contributed by atoms with van der Waals surface area (Å²) in [4.78, 5) is 23.2. The van der Waals surface area contributed by atoms with Crippen molar-refractivity contribution in [1.82, 2.24) is 4.90 Å². The first-order valence-electron chi connectivity index (χ1n) is 5.40. The number of likely N-dealkylation sites (N-methyl/N-ethyl adjacent to an activating group) is 1. The molecule has 0 radical (unpaired) electrons. The molecule has 0 atom stereocenters. The number of aryl methyl sites for hydroxylation is 2. The lowest BCUT2D eigenvalue weighted by molar-refractivity contribution is -0.696. The van der Waals surface area contributed by atoms with E-state index in [1.54, 1.807) is 0 Å². The maximum atomic E-state index is 11.6. The van der Waals surface area contributed by atoms with Crippen LogP contribution in [-0.2, 0) is 16.1 Å². The van der Waals surface area contributed by atoms with Gasteiger partial charge in [0.2, 0.25) is 5.91 Å². The minimum Gasteiger partial charge on any atom is -0.480 e. The highest BCUT2D eigenvalue weighted by molar-refractivity contribution is 5.80. The quantitative estimate of drug-likeness (QED) is 0.745. The van der Waals surface area contributed by atoms with E-state index in [1.165, 1.54) is 11.9 Å². The number of carboxylic acids is 1. The van der Waals surface area contributed by atoms with Gasteiger partial charge in [0.25, 0.3) is 0 Å². The number of carbonyl (C=O) groups excluding carboxylic acids is 1. The minimum absolute atomic E-state index is 0.166. The molecule has 0 spiro atoms. The lowest BCUT2D eigenvalue weighted by Crippen LogP contribution is -2.38. The van der Waals surface area contributed by atoms with Gasteiger partial charge >= 0.3 is 5.97 Å². The SMILES string of the molecule is Cc1cc[n+](CCC(=O)N(C)CC(=O)O)cc1. The van der Waals surface area contributed by atoms with Crippen LogP contribution in [-0.4, -0.2) is 35.5 Å². The number of aliphatic carboxylic acids is 1. The third-order valence-electron chi connectivity index (χ3n) is 2.44. The van der Waals surface area contributed by atoms with E-state index in [2.05, 4.69) is 0 Å². The fraction of sp³-hybridized carbons (Fsp3) is 0.417. The maximum absolute atomic E-state index is 11.6. The smallest absolute Gasteiger partial charge is 0.323 e. The van der Waals surface area contributed by atoms with E-state index in [1.807, 2.05) is 36.0 Å². The number of amides is 1. The van der Waals surface area contributed by atoms with E-state index >= 15 is 0 Å². The minimum atomic E-state index is -0.996. The monoisotopic (exact) mass is 237 g/mol. The van der Waals surface area contributed by atoms with Crippen LogP contribution in [0.1, 0.15) is 12.0 Å². The van der Waals surface area contributed by atoms with Crippen LogP contribution in [0.5, 0.6) is 0 Å². The summed E-state index contributed by atoms with van der Waals surface area (Å²) in [6.07, 6.45) is 4.11. The van der Waals surface area contributed by atoms with Crippen molar-refractivity contribution in [2.75, 3.05) is 13.6 Å². The Hall–Kier alpha value is -1.91. The molecule has 1 amide bonds. The van der Waals surface area contributed by atoms with Gasteiger partial charge in [0.05, 0.1) is 6.42 Å². The molecular weight excluding hydrogens is 220 g/mol. The van der Waals surface area contributed by atoms with Crippen molar-refractivity contribution in [3.63, 3.8) is 0 Å². The van der Waals surface area contributed by atoms with Gasteiger partial charge in [-0.05, 0) is 12.5 Å². The van der Waals surface area contributed by atoms with Crippen molar-refractivity contribution >= 4 is 11.9 Å². The zero-order valence-electron chi connectivity index (χ0n) is 10.1. The summed E-state index contributed by atoms with van der Waals surface area (Å²) in [6.45, 7) is 2.30. The zero-order chi connectivity index (χ0) is 12.8. The predicted molar refractivity (Wildman–Crippen MR) is 61.3 cm³/mol. The Bertz CT molecular complexity index is 401. The highest BCUT2D eigenvalue weighted by Gasteiger charge is 2.13. The third kappa shape index (κ3) is 4.63. The van der Waals surface area contributed by atoms with Gasteiger partial charge in [0.15, 0.2) is 18.9 Å². The summed E-state index contributed by atoms with van der Waals surface area (Å²) in [7, 11) is 1.50. The summed E-state index contributed by atoms with van der Waals surface area (Å²) < 4.78 is 1.90. The number of hydrogen-bond acceptors (Lipinski definition) is 2. The Kier molecular flexibility index (Phi) is 4.63. The summed E-state index contributed by atoms with van der Waals surface area (Å²) in [5.74, 6) is -1.16. The molecule has 0 aliphatic heterocycles. The molecular formula is C12H17N2O3+. The van der Waals surface area contributed by atoms with E-state index in [4.69, 9.17) is 5.11 Å². The average molecular weight is 237 g/mol. The molecule has 0 aliphatic rings. The number of rotatable bonds is 5. The molecule has 92 valence electrons. The first-order valence-corrected chi connectivity index (χ1v) is 5.40. The molecule has 5 nitrogen and oxygen atoms in total. The van der Waals surface area contributed by atoms with Crippen LogP contribution >= 0.6 is 0 Å². The number of aromatic nitrogens is 1. The van der Waals surface area contributed by atoms with Crippen molar-refractivity contribution in [3.8, 4) is 0 Å². The van der Waals surface area contributed by atoms with Crippen LogP contribution in [0.3, 0.4) is 0 Å². The number of hydrogen-bond donors (Lipinski definition) is 1. The Morgan fingerprint density at radius 1 is 1.35 bits per heavy atom. The van der Waals surface area contributed by atoms with Gasteiger partial charge in [-0.2, -0.15) is 0 Å². The number of nitrogens with zero attached hydrogens (tertiary/aromatic N) is 2. The molecule has 0 aliphatic carbocycles. The van der Waals surface area contributed by atoms with Gasteiger partial charge in [-0.3, -0.25) is 9.59 Å². The van der Waals surface area contributed by atoms with E-state index in [-0.39, 0.29) is 12.5 Å². The van der Waals surface area contributed by atoms with Gasteiger partial charge in [-0.25, -0.2) is 4.57 Å². The summed E-state index contributed by atoms with van der Waals surface area (Å²) in [6, 6.07) is 3.93. The van der Waals surface area contributed by atoms with Crippen LogP contribution in [0.15, 0.2) is 24.5 Å². The molecule has 17 heavy (non-hydrogen) atoms. The Balaban J connectivity index is 2.42. The van der Waals surface area contributed by atoms with Crippen molar-refractivity contribution < 1.29 is 19.3 Å². The molecule has 5 heteroatoms. The fourth-order valence-electron chi connectivity index (χ4n) is 1.39. The zero-order valence-corrected chi connectivity index (χ0v) is 10.1. The normalized spacial score (nSPS) is 10.0. The second kappa shape index (κ2) is 5.98. The van der Waals surface area contributed by atoms with Crippen molar-refractivity contribution in [2.24, 2.45) is 0 Å². The van der Waals surface area contributed by atoms with Crippen molar-refractivity contribution in [2.45, 2.75) is 19.9 Å². The highest BCUT2D eigenvalue weighted by atomic mass is 16.4. The number of pyridine rings is 1. The lowest BCUT2D eigenvalue weighted by Gasteiger charge is -2.13. The molecule has 0 saturated carbocycles. The van der Waals surface area contributed by atoms with Crippen LogP contribution in [0, 0.1) is 6.92 Å². The second-order valence-electron chi connectivity index (χ2n) is 4.01. The molecule has 0 fully saturated rings. The van der Waals surface area contributed by atoms with E-state index in [0.29, 0.717) is 13.0 Å². The van der Waals surface area contributed by atoms with Gasteiger partial charge < -0.3 is 10.0 Å². The molecule has 1 aromatic heterocycles. The Labute approximate surface area is 100 Å². The van der Waals surface area contributed by atoms with Crippen LogP contribution in [0.25, 0.3) is 0 Å². The van der Waals surface area contributed by atoms with Gasteiger partial charge in [-0.1, -0.05) is 0 Å². The molecule has 1 heterocycles. The molecule has 1 rings (SSSR count). The van der Waals surface area contributed by atoms with E-state index in [9.17, 15) is 9.59 Å².